The van der Waals surface area contributed by atoms with Gasteiger partial charge in [0.15, 0.2) is 0 Å². The summed E-state index contributed by atoms with van der Waals surface area (Å²) in [5.74, 6) is 0. The number of hydrogen-bond acceptors (Lipinski definition) is 0. The summed E-state index contributed by atoms with van der Waals surface area (Å²) >= 11 is 0.658. The van der Waals surface area contributed by atoms with Crippen LogP contribution in [-0.4, -0.2) is 18.5 Å². The first-order valence-electron chi connectivity index (χ1n) is 7.01. The van der Waals surface area contributed by atoms with Crippen molar-refractivity contribution in [3.63, 3.8) is 0 Å². The monoisotopic (exact) mass is 366 g/mol. The minimum Gasteiger partial charge on any atom is -0.108 e. The minimum absolute atomic E-state index is 0.446. The van der Waals surface area contributed by atoms with Crippen molar-refractivity contribution < 1.29 is 18.0 Å². The summed E-state index contributed by atoms with van der Waals surface area (Å²) in [6, 6.07) is 10.7. The largest absolute Gasteiger partial charge is 0.108 e. The van der Waals surface area contributed by atoms with Crippen LogP contribution >= 0.6 is 7.92 Å². The fourth-order valence-corrected chi connectivity index (χ4v) is 4.81. The Bertz CT molecular complexity index is 385. The van der Waals surface area contributed by atoms with Gasteiger partial charge in [0.2, 0.25) is 0 Å². The van der Waals surface area contributed by atoms with Gasteiger partial charge in [0.05, 0.1) is 0 Å². The van der Waals surface area contributed by atoms with Crippen LogP contribution < -0.4 is 4.04 Å². The normalized spacial score (nSPS) is 13.4. The van der Waals surface area contributed by atoms with Gasteiger partial charge in [0.1, 0.15) is 0 Å². The van der Waals surface area contributed by atoms with E-state index in [2.05, 4.69) is 69.3 Å². The van der Waals surface area contributed by atoms with Crippen molar-refractivity contribution in [1.29, 1.82) is 0 Å². The zero-order valence-corrected chi connectivity index (χ0v) is 14.7. The van der Waals surface area contributed by atoms with E-state index < -0.39 is 0 Å². The predicted octanol–water partition coefficient (Wildman–Crippen LogP) is 4.77. The molecule has 2 heteroatoms. The van der Waals surface area contributed by atoms with Crippen molar-refractivity contribution in [2.75, 3.05) is 18.5 Å². The second-order valence-corrected chi connectivity index (χ2v) is 9.69. The van der Waals surface area contributed by atoms with E-state index in [1.165, 1.54) is 22.5 Å². The Morgan fingerprint density at radius 1 is 1.00 bits per heavy atom. The van der Waals surface area contributed by atoms with Gasteiger partial charge in [-0.2, -0.15) is 0 Å². The Morgan fingerprint density at radius 2 is 1.63 bits per heavy atom. The SMILES string of the molecule is C1=CC[C]([Pd][c]2ccccc2)=C1.CCP(CC)CC. The molecule has 0 aliphatic heterocycles. The summed E-state index contributed by atoms with van der Waals surface area (Å²) in [5, 5.41) is 0. The quantitative estimate of drug-likeness (QED) is 0.520. The molecule has 108 valence electrons. The van der Waals surface area contributed by atoms with E-state index in [0.717, 1.165) is 6.42 Å². The Morgan fingerprint density at radius 3 is 2.05 bits per heavy atom. The van der Waals surface area contributed by atoms with Crippen LogP contribution in [0.25, 0.3) is 0 Å². The second kappa shape index (κ2) is 10.6. The van der Waals surface area contributed by atoms with Gasteiger partial charge in [-0.25, -0.2) is 0 Å². The van der Waals surface area contributed by atoms with E-state index >= 15 is 0 Å². The van der Waals surface area contributed by atoms with Crippen LogP contribution in [-0.2, 0) is 18.0 Å². The molecular weight excluding hydrogens is 342 g/mol. The molecule has 0 heterocycles. The summed E-state index contributed by atoms with van der Waals surface area (Å²) in [6.45, 7) is 6.87. The third kappa shape index (κ3) is 7.22. The molecule has 19 heavy (non-hydrogen) atoms. The van der Waals surface area contributed by atoms with E-state index in [1.54, 1.807) is 4.05 Å². The maximum absolute atomic E-state index is 2.29. The Hall–Kier alpha value is -0.208. The molecule has 1 aromatic rings. The minimum atomic E-state index is 0.446. The van der Waals surface area contributed by atoms with Crippen molar-refractivity contribution in [3.8, 4) is 0 Å². The van der Waals surface area contributed by atoms with Crippen LogP contribution in [0.4, 0.5) is 0 Å². The first kappa shape index (κ1) is 16.8. The molecule has 1 aromatic carbocycles. The maximum atomic E-state index is 2.29. The fourth-order valence-electron chi connectivity index (χ4n) is 1.71. The Balaban J connectivity index is 0.000000224. The van der Waals surface area contributed by atoms with Crippen molar-refractivity contribution in [2.45, 2.75) is 27.2 Å². The van der Waals surface area contributed by atoms with Crippen LogP contribution in [0, 0.1) is 0 Å². The summed E-state index contributed by atoms with van der Waals surface area (Å²) in [5.41, 5.74) is 0. The molecule has 0 saturated carbocycles. The molecule has 0 aromatic heterocycles. The van der Waals surface area contributed by atoms with E-state index in [0.29, 0.717) is 25.9 Å². The smallest absolute Gasteiger partial charge is 0.0355 e. The van der Waals surface area contributed by atoms with E-state index in [9.17, 15) is 0 Å². The molecule has 0 amide bonds. The molecule has 0 fully saturated rings. The number of rotatable bonds is 5. The molecule has 0 N–H and O–H groups in total. The molecule has 0 atom stereocenters. The molecule has 0 spiro atoms. The van der Waals surface area contributed by atoms with Crippen LogP contribution in [0.1, 0.15) is 27.2 Å². The third-order valence-corrected chi connectivity index (χ3v) is 7.68. The van der Waals surface area contributed by atoms with Gasteiger partial charge < -0.3 is 0 Å². The molecular formula is C17H25PPd. The average Bonchev–Trinajstić information content (AvgIpc) is 2.96. The third-order valence-electron chi connectivity index (χ3n) is 2.95. The van der Waals surface area contributed by atoms with Gasteiger partial charge in [-0.1, -0.05) is 20.8 Å². The van der Waals surface area contributed by atoms with Gasteiger partial charge in [-0.3, -0.25) is 0 Å². The number of hydrogen-bond donors (Lipinski definition) is 0. The molecule has 0 radical (unpaired) electrons. The molecule has 0 nitrogen and oxygen atoms in total. The summed E-state index contributed by atoms with van der Waals surface area (Å²) in [7, 11) is 0.446. The van der Waals surface area contributed by atoms with Crippen LogP contribution in [0.15, 0.2) is 52.6 Å². The van der Waals surface area contributed by atoms with E-state index in [4.69, 9.17) is 0 Å². The molecule has 0 unspecified atom stereocenters. The number of allylic oxidation sites excluding steroid dienone is 4. The Labute approximate surface area is 128 Å². The standard InChI is InChI=1S/C6H15P.C6H5.C5H5.Pd/c1-4-7(5-2)6-3;1-2-4-6-5-3-1;1-2-4-5-3-1;/h4-6H2,1-3H3;1-5H;1-3H,4H2;. The van der Waals surface area contributed by atoms with Gasteiger partial charge >= 0.3 is 81.0 Å². The van der Waals surface area contributed by atoms with Gasteiger partial charge in [-0.15, -0.1) is 7.92 Å². The fraction of sp³-hybridized carbons (Fsp3) is 0.412. The number of benzene rings is 1. The van der Waals surface area contributed by atoms with Gasteiger partial charge in [0, 0.05) is 0 Å². The topological polar surface area (TPSA) is 0 Å². The van der Waals surface area contributed by atoms with Gasteiger partial charge in [0.25, 0.3) is 0 Å². The van der Waals surface area contributed by atoms with Crippen molar-refractivity contribution in [2.24, 2.45) is 0 Å². The van der Waals surface area contributed by atoms with Crippen molar-refractivity contribution in [3.05, 3.63) is 52.6 Å². The zero-order chi connectivity index (χ0) is 13.9. The van der Waals surface area contributed by atoms with Crippen molar-refractivity contribution in [1.82, 2.24) is 0 Å². The summed E-state index contributed by atoms with van der Waals surface area (Å²) in [4.78, 5) is 0. The predicted molar refractivity (Wildman–Crippen MR) is 86.5 cm³/mol. The first-order chi connectivity index (χ1) is 9.30. The Kier molecular flexibility index (Phi) is 9.37. The summed E-state index contributed by atoms with van der Waals surface area (Å²) < 4.78 is 3.02. The first-order valence-corrected chi connectivity index (χ1v) is 10.5. The van der Waals surface area contributed by atoms with Crippen LogP contribution in [0.5, 0.6) is 0 Å². The average molecular weight is 367 g/mol. The summed E-state index contributed by atoms with van der Waals surface area (Å²) in [6.07, 6.45) is 12.0. The molecule has 0 bridgehead atoms. The maximum Gasteiger partial charge on any atom is -0.0355 e. The van der Waals surface area contributed by atoms with Gasteiger partial charge in [-0.05, 0) is 18.5 Å². The molecule has 2 rings (SSSR count). The molecule has 0 saturated heterocycles. The second-order valence-electron chi connectivity index (χ2n) is 4.16. The van der Waals surface area contributed by atoms with E-state index in [-0.39, 0.29) is 0 Å². The van der Waals surface area contributed by atoms with Crippen molar-refractivity contribution >= 4 is 12.0 Å². The molecule has 1 aliphatic carbocycles. The van der Waals surface area contributed by atoms with Crippen LogP contribution in [0.3, 0.4) is 0 Å². The zero-order valence-electron chi connectivity index (χ0n) is 12.2. The molecule has 1 aliphatic rings. The van der Waals surface area contributed by atoms with E-state index in [1.807, 2.05) is 0 Å². The van der Waals surface area contributed by atoms with Crippen LogP contribution in [0.2, 0.25) is 0 Å².